The van der Waals surface area contributed by atoms with Gasteiger partial charge < -0.3 is 4.98 Å². The van der Waals surface area contributed by atoms with Gasteiger partial charge in [-0.25, -0.2) is 9.97 Å². The SMILES string of the molecule is C=N/C=C\C(=C/C)c1nc2c(Cl)nccc2c(=O)[nH]1. The molecule has 0 atom stereocenters. The van der Waals surface area contributed by atoms with Crippen LogP contribution in [0.25, 0.3) is 16.5 Å². The average Bonchev–Trinajstić information content (AvgIpc) is 2.41. The van der Waals surface area contributed by atoms with Crippen molar-refractivity contribution < 1.29 is 0 Å². The van der Waals surface area contributed by atoms with E-state index in [9.17, 15) is 4.79 Å². The Labute approximate surface area is 114 Å². The van der Waals surface area contributed by atoms with Crippen LogP contribution in [0.15, 0.2) is 40.4 Å². The van der Waals surface area contributed by atoms with Gasteiger partial charge in [-0.3, -0.25) is 9.79 Å². The predicted molar refractivity (Wildman–Crippen MR) is 77.5 cm³/mol. The van der Waals surface area contributed by atoms with Crippen molar-refractivity contribution >= 4 is 34.8 Å². The number of rotatable bonds is 3. The first-order valence-electron chi connectivity index (χ1n) is 5.51. The van der Waals surface area contributed by atoms with Crippen LogP contribution in [0.5, 0.6) is 0 Å². The third-order valence-corrected chi connectivity index (χ3v) is 2.80. The number of aromatic nitrogens is 3. The summed E-state index contributed by atoms with van der Waals surface area (Å²) in [6.07, 6.45) is 6.49. The number of nitrogens with zero attached hydrogens (tertiary/aromatic N) is 3. The first kappa shape index (κ1) is 13.2. The number of aliphatic imine (C=N–C) groups is 1. The highest BCUT2D eigenvalue weighted by Crippen LogP contribution is 2.18. The molecule has 5 nitrogen and oxygen atoms in total. The number of pyridine rings is 1. The summed E-state index contributed by atoms with van der Waals surface area (Å²) in [5.41, 5.74) is 0.831. The van der Waals surface area contributed by atoms with Gasteiger partial charge in [-0.15, -0.1) is 0 Å². The van der Waals surface area contributed by atoms with Gasteiger partial charge in [-0.2, -0.15) is 0 Å². The summed E-state index contributed by atoms with van der Waals surface area (Å²) in [6.45, 7) is 5.19. The van der Waals surface area contributed by atoms with E-state index in [1.54, 1.807) is 18.2 Å². The van der Waals surface area contributed by atoms with Crippen LogP contribution in [0.4, 0.5) is 0 Å². The van der Waals surface area contributed by atoms with Crippen LogP contribution in [0.1, 0.15) is 12.7 Å². The molecular weight excluding hydrogens is 264 g/mol. The summed E-state index contributed by atoms with van der Waals surface area (Å²) in [7, 11) is 0. The maximum atomic E-state index is 12.0. The molecule has 0 aliphatic rings. The number of allylic oxidation sites excluding steroid dienone is 3. The molecule has 0 fully saturated rings. The molecule has 0 unspecified atom stereocenters. The van der Waals surface area contributed by atoms with E-state index >= 15 is 0 Å². The number of halogens is 1. The molecule has 0 spiro atoms. The molecule has 2 aromatic rings. The largest absolute Gasteiger partial charge is 0.306 e. The number of hydrogen-bond acceptors (Lipinski definition) is 4. The second-order valence-corrected chi connectivity index (χ2v) is 4.01. The lowest BCUT2D eigenvalue weighted by Gasteiger charge is -2.04. The fraction of sp³-hybridized carbons (Fsp3) is 0.0769. The van der Waals surface area contributed by atoms with Crippen LogP contribution >= 0.6 is 11.6 Å². The van der Waals surface area contributed by atoms with Crippen LogP contribution in [-0.2, 0) is 0 Å². The van der Waals surface area contributed by atoms with Crippen molar-refractivity contribution in [2.24, 2.45) is 4.99 Å². The standard InChI is InChI=1S/C13H11ClN4O/c1-3-8(4-6-15-2)12-17-10-9(13(19)18-12)5-7-16-11(10)14/h3-7H,2H2,1H3,(H,17,18,19)/b6-4-,8-3+. The van der Waals surface area contributed by atoms with E-state index in [2.05, 4.69) is 26.7 Å². The Morgan fingerprint density at radius 3 is 3.05 bits per heavy atom. The number of hydrogen-bond donors (Lipinski definition) is 1. The molecule has 2 aromatic heterocycles. The van der Waals surface area contributed by atoms with Crippen LogP contribution < -0.4 is 5.56 Å². The molecule has 96 valence electrons. The number of H-pyrrole nitrogens is 1. The minimum absolute atomic E-state index is 0.200. The van der Waals surface area contributed by atoms with E-state index in [0.29, 0.717) is 22.3 Å². The molecule has 0 aliphatic carbocycles. The van der Waals surface area contributed by atoms with Crippen molar-refractivity contribution in [2.45, 2.75) is 6.92 Å². The second-order valence-electron chi connectivity index (χ2n) is 3.65. The summed E-state index contributed by atoms with van der Waals surface area (Å²) in [5.74, 6) is 0.412. The summed E-state index contributed by atoms with van der Waals surface area (Å²) in [5, 5.41) is 0.608. The first-order valence-corrected chi connectivity index (χ1v) is 5.88. The monoisotopic (exact) mass is 274 g/mol. The van der Waals surface area contributed by atoms with Gasteiger partial charge >= 0.3 is 0 Å². The Bertz CT molecular complexity index is 746. The van der Waals surface area contributed by atoms with Gasteiger partial charge in [-0.1, -0.05) is 17.7 Å². The van der Waals surface area contributed by atoms with Crippen molar-refractivity contribution in [3.8, 4) is 0 Å². The lowest BCUT2D eigenvalue weighted by atomic mass is 10.2. The van der Waals surface area contributed by atoms with Crippen molar-refractivity contribution in [3.05, 3.63) is 51.9 Å². The molecule has 1 N–H and O–H groups in total. The third kappa shape index (κ3) is 2.61. The van der Waals surface area contributed by atoms with Gasteiger partial charge in [0, 0.05) is 18.0 Å². The number of aromatic amines is 1. The smallest absolute Gasteiger partial charge is 0.259 e. The zero-order valence-electron chi connectivity index (χ0n) is 10.2. The van der Waals surface area contributed by atoms with Crippen molar-refractivity contribution in [3.63, 3.8) is 0 Å². The molecule has 2 heterocycles. The van der Waals surface area contributed by atoms with Gasteiger partial charge in [0.2, 0.25) is 0 Å². The van der Waals surface area contributed by atoms with E-state index in [1.165, 1.54) is 12.4 Å². The van der Waals surface area contributed by atoms with Crippen molar-refractivity contribution in [1.82, 2.24) is 15.0 Å². The molecule has 6 heteroatoms. The highest BCUT2D eigenvalue weighted by Gasteiger charge is 2.09. The molecule has 2 rings (SSSR count). The van der Waals surface area contributed by atoms with Gasteiger partial charge in [-0.05, 0) is 25.8 Å². The van der Waals surface area contributed by atoms with Gasteiger partial charge in [0.25, 0.3) is 5.56 Å². The van der Waals surface area contributed by atoms with E-state index in [1.807, 2.05) is 6.92 Å². The summed E-state index contributed by atoms with van der Waals surface area (Å²) in [6, 6.07) is 1.58. The average molecular weight is 275 g/mol. The van der Waals surface area contributed by atoms with Crippen molar-refractivity contribution in [2.75, 3.05) is 0 Å². The molecule has 19 heavy (non-hydrogen) atoms. The molecule has 0 radical (unpaired) electrons. The molecule has 0 aliphatic heterocycles. The Kier molecular flexibility index (Phi) is 3.87. The minimum atomic E-state index is -0.261. The Morgan fingerprint density at radius 1 is 1.58 bits per heavy atom. The third-order valence-electron chi connectivity index (χ3n) is 2.52. The molecule has 0 saturated carbocycles. The van der Waals surface area contributed by atoms with Gasteiger partial charge in [0.05, 0.1) is 5.39 Å². The molecule has 0 saturated heterocycles. The summed E-state index contributed by atoms with van der Waals surface area (Å²) < 4.78 is 0. The lowest BCUT2D eigenvalue weighted by Crippen LogP contribution is -2.11. The fourth-order valence-corrected chi connectivity index (χ4v) is 1.81. The Morgan fingerprint density at radius 2 is 2.37 bits per heavy atom. The number of fused-ring (bicyclic) bond motifs is 1. The van der Waals surface area contributed by atoms with Gasteiger partial charge in [0.1, 0.15) is 11.3 Å². The van der Waals surface area contributed by atoms with Crippen LogP contribution in [0, 0.1) is 0 Å². The van der Waals surface area contributed by atoms with Gasteiger partial charge in [0.15, 0.2) is 5.15 Å². The van der Waals surface area contributed by atoms with E-state index in [4.69, 9.17) is 11.6 Å². The van der Waals surface area contributed by atoms with Crippen LogP contribution in [0.3, 0.4) is 0 Å². The van der Waals surface area contributed by atoms with E-state index in [0.717, 1.165) is 0 Å². The molecular formula is C13H11ClN4O. The first-order chi connectivity index (χ1) is 9.17. The normalized spacial score (nSPS) is 12.2. The fourth-order valence-electron chi connectivity index (χ4n) is 1.61. The topological polar surface area (TPSA) is 71.0 Å². The van der Waals surface area contributed by atoms with Crippen molar-refractivity contribution in [1.29, 1.82) is 0 Å². The molecule has 0 amide bonds. The second kappa shape index (κ2) is 5.58. The Balaban J connectivity index is 2.70. The van der Waals surface area contributed by atoms with E-state index < -0.39 is 0 Å². The number of nitrogens with one attached hydrogen (secondary N) is 1. The molecule has 0 bridgehead atoms. The zero-order chi connectivity index (χ0) is 13.8. The highest BCUT2D eigenvalue weighted by molar-refractivity contribution is 6.33. The predicted octanol–water partition coefficient (Wildman–Crippen LogP) is 2.59. The highest BCUT2D eigenvalue weighted by atomic mass is 35.5. The Hall–Kier alpha value is -2.27. The van der Waals surface area contributed by atoms with E-state index in [-0.39, 0.29) is 10.7 Å². The zero-order valence-corrected chi connectivity index (χ0v) is 11.0. The minimum Gasteiger partial charge on any atom is -0.306 e. The summed E-state index contributed by atoms with van der Waals surface area (Å²) >= 11 is 5.96. The molecule has 0 aromatic carbocycles. The quantitative estimate of drug-likeness (QED) is 0.531. The lowest BCUT2D eigenvalue weighted by molar-refractivity contribution is 1.12. The maximum absolute atomic E-state index is 12.0. The summed E-state index contributed by atoms with van der Waals surface area (Å²) in [4.78, 5) is 26.6. The maximum Gasteiger partial charge on any atom is 0.259 e. The van der Waals surface area contributed by atoms with Crippen LogP contribution in [0.2, 0.25) is 5.15 Å². The van der Waals surface area contributed by atoms with Crippen LogP contribution in [-0.4, -0.2) is 21.7 Å².